The summed E-state index contributed by atoms with van der Waals surface area (Å²) in [5.74, 6) is -1.70. The molecule has 0 aliphatic heterocycles. The van der Waals surface area contributed by atoms with Crippen molar-refractivity contribution in [3.05, 3.63) is 0 Å². The zero-order valence-corrected chi connectivity index (χ0v) is 24.9. The molecule has 0 heterocycles. The molecule has 0 rings (SSSR count). The van der Waals surface area contributed by atoms with E-state index in [1.165, 1.54) is 77.0 Å². The van der Waals surface area contributed by atoms with Gasteiger partial charge in [0.1, 0.15) is 0 Å². The van der Waals surface area contributed by atoms with Gasteiger partial charge in [-0.1, -0.05) is 110 Å². The molecule has 0 amide bonds. The van der Waals surface area contributed by atoms with Crippen LogP contribution in [0.5, 0.6) is 0 Å². The maximum absolute atomic E-state index is 11.4. The molecule has 9 heteroatoms. The van der Waals surface area contributed by atoms with Crippen molar-refractivity contribution >= 4 is 20.7 Å². The number of aliphatic hydroxyl groups is 2. The van der Waals surface area contributed by atoms with Crippen LogP contribution in [0.25, 0.3) is 0 Å². The Bertz CT molecular complexity index is 492. The fourth-order valence-corrected chi connectivity index (χ4v) is 5.53. The SMILES string of the molecule is CCCCCCCCCCCCCCCCCC(=O)OC(=O)C(O)CO.CCC[Si](OC)(OC)OC. The van der Waals surface area contributed by atoms with Gasteiger partial charge in [-0.3, -0.25) is 4.79 Å². The lowest BCUT2D eigenvalue weighted by Crippen LogP contribution is -2.42. The molecule has 1 unspecified atom stereocenters. The zero-order valence-electron chi connectivity index (χ0n) is 23.9. The van der Waals surface area contributed by atoms with Gasteiger partial charge in [-0.05, 0) is 6.42 Å². The van der Waals surface area contributed by atoms with Crippen molar-refractivity contribution in [3.63, 3.8) is 0 Å². The summed E-state index contributed by atoms with van der Waals surface area (Å²) in [5, 5.41) is 17.6. The van der Waals surface area contributed by atoms with Crippen LogP contribution in [0.15, 0.2) is 0 Å². The molecule has 2 N–H and O–H groups in total. The van der Waals surface area contributed by atoms with Crippen molar-refractivity contribution in [3.8, 4) is 0 Å². The number of rotatable bonds is 23. The highest BCUT2D eigenvalue weighted by Crippen LogP contribution is 2.15. The van der Waals surface area contributed by atoms with Crippen LogP contribution >= 0.6 is 0 Å². The number of ether oxygens (including phenoxy) is 1. The van der Waals surface area contributed by atoms with Crippen LogP contribution in [0.4, 0.5) is 0 Å². The molecule has 1 atom stereocenters. The number of hydrogen-bond donors (Lipinski definition) is 2. The highest BCUT2D eigenvalue weighted by Gasteiger charge is 2.36. The molecule has 0 spiro atoms. The van der Waals surface area contributed by atoms with E-state index in [1.54, 1.807) is 21.3 Å². The summed E-state index contributed by atoms with van der Waals surface area (Å²) < 4.78 is 19.9. The van der Waals surface area contributed by atoms with Gasteiger partial charge in [-0.15, -0.1) is 0 Å². The Morgan fingerprint density at radius 1 is 0.667 bits per heavy atom. The summed E-state index contributed by atoms with van der Waals surface area (Å²) in [6.45, 7) is 3.60. The van der Waals surface area contributed by atoms with Gasteiger partial charge < -0.3 is 28.2 Å². The molecule has 0 aromatic carbocycles. The quantitative estimate of drug-likeness (QED) is 0.0713. The number of unbranched alkanes of at least 4 members (excludes halogenated alkanes) is 14. The molecule has 0 saturated carbocycles. The molecule has 216 valence electrons. The first-order chi connectivity index (χ1) is 17.4. The van der Waals surface area contributed by atoms with Crippen molar-refractivity contribution in [2.75, 3.05) is 27.9 Å². The average molecular weight is 537 g/mol. The number of carbonyl (C=O) groups excluding carboxylic acids is 2. The number of esters is 2. The molecule has 0 aliphatic carbocycles. The van der Waals surface area contributed by atoms with Gasteiger partial charge in [0.2, 0.25) is 0 Å². The molecule has 0 aliphatic rings. The van der Waals surface area contributed by atoms with E-state index >= 15 is 0 Å². The third kappa shape index (κ3) is 22.4. The number of aliphatic hydroxyl groups excluding tert-OH is 2. The van der Waals surface area contributed by atoms with Gasteiger partial charge in [-0.2, -0.15) is 0 Å². The van der Waals surface area contributed by atoms with Gasteiger partial charge in [0.15, 0.2) is 6.10 Å². The Labute approximate surface area is 221 Å². The van der Waals surface area contributed by atoms with Crippen molar-refractivity contribution < 1.29 is 37.8 Å². The van der Waals surface area contributed by atoms with Crippen LogP contribution in [-0.4, -0.2) is 65.0 Å². The number of carbonyl (C=O) groups is 2. The van der Waals surface area contributed by atoms with E-state index in [1.807, 2.05) is 0 Å². The Hall–Kier alpha value is -0.843. The maximum Gasteiger partial charge on any atom is 0.500 e. The molecule has 0 aromatic rings. The van der Waals surface area contributed by atoms with Crippen molar-refractivity contribution in [1.29, 1.82) is 0 Å². The molecular weight excluding hydrogens is 480 g/mol. The van der Waals surface area contributed by atoms with Crippen LogP contribution in [-0.2, 0) is 27.6 Å². The molecule has 0 saturated heterocycles. The average Bonchev–Trinajstić information content (AvgIpc) is 2.89. The predicted octanol–water partition coefficient (Wildman–Crippen LogP) is 5.95. The van der Waals surface area contributed by atoms with E-state index in [4.69, 9.17) is 23.5 Å². The van der Waals surface area contributed by atoms with E-state index in [-0.39, 0.29) is 6.42 Å². The van der Waals surface area contributed by atoms with Crippen LogP contribution in [0.3, 0.4) is 0 Å². The first kappa shape index (κ1) is 37.3. The summed E-state index contributed by atoms with van der Waals surface area (Å²) in [5.41, 5.74) is 0. The van der Waals surface area contributed by atoms with Crippen LogP contribution in [0.1, 0.15) is 123 Å². The van der Waals surface area contributed by atoms with Crippen molar-refractivity contribution in [2.45, 2.75) is 135 Å². The minimum Gasteiger partial charge on any atom is -0.393 e. The second-order valence-electron chi connectivity index (χ2n) is 9.24. The summed E-state index contributed by atoms with van der Waals surface area (Å²) in [6.07, 6.45) is 18.4. The van der Waals surface area contributed by atoms with Crippen molar-refractivity contribution in [2.24, 2.45) is 0 Å². The summed E-state index contributed by atoms with van der Waals surface area (Å²) in [4.78, 5) is 22.5. The van der Waals surface area contributed by atoms with E-state index in [2.05, 4.69) is 18.6 Å². The van der Waals surface area contributed by atoms with Gasteiger partial charge in [0, 0.05) is 33.8 Å². The Morgan fingerprint density at radius 3 is 1.36 bits per heavy atom. The fourth-order valence-electron chi connectivity index (χ4n) is 3.81. The summed E-state index contributed by atoms with van der Waals surface area (Å²) in [7, 11) is 2.68. The second kappa shape index (κ2) is 27.2. The lowest BCUT2D eigenvalue weighted by Gasteiger charge is -2.23. The standard InChI is InChI=1S/C21H40O5.C6H16O3Si/c1-2-3-4-5-6-7-8-9-10-11-12-13-14-15-16-17-20(24)26-21(25)19(23)18-22;1-5-6-10(7-2,8-3)9-4/h19,22-23H,2-18H2,1H3;5-6H2,1-4H3. The smallest absolute Gasteiger partial charge is 0.393 e. The second-order valence-corrected chi connectivity index (χ2v) is 12.3. The van der Waals surface area contributed by atoms with E-state index in [9.17, 15) is 9.59 Å². The predicted molar refractivity (Wildman–Crippen MR) is 146 cm³/mol. The van der Waals surface area contributed by atoms with E-state index in [0.717, 1.165) is 25.3 Å². The fraction of sp³-hybridized carbons (Fsp3) is 0.926. The molecule has 0 bridgehead atoms. The summed E-state index contributed by atoms with van der Waals surface area (Å²) >= 11 is 0. The topological polar surface area (TPSA) is 112 Å². The summed E-state index contributed by atoms with van der Waals surface area (Å²) in [6, 6.07) is 0.885. The van der Waals surface area contributed by atoms with E-state index in [0.29, 0.717) is 6.42 Å². The highest BCUT2D eigenvalue weighted by atomic mass is 28.4. The van der Waals surface area contributed by atoms with Crippen LogP contribution in [0.2, 0.25) is 6.04 Å². The Morgan fingerprint density at radius 2 is 1.06 bits per heavy atom. The molecule has 36 heavy (non-hydrogen) atoms. The zero-order chi connectivity index (χ0) is 27.5. The Kier molecular flexibility index (Phi) is 28.2. The minimum atomic E-state index is -2.22. The van der Waals surface area contributed by atoms with Crippen LogP contribution < -0.4 is 0 Å². The largest absolute Gasteiger partial charge is 0.500 e. The van der Waals surface area contributed by atoms with E-state index < -0.39 is 33.5 Å². The molecular formula is C27H56O8Si. The lowest BCUT2D eigenvalue weighted by molar-refractivity contribution is -0.167. The third-order valence-electron chi connectivity index (χ3n) is 6.13. The Balaban J connectivity index is 0. The van der Waals surface area contributed by atoms with Crippen LogP contribution in [0, 0.1) is 0 Å². The number of hydrogen-bond acceptors (Lipinski definition) is 8. The first-order valence-electron chi connectivity index (χ1n) is 14.0. The molecule has 8 nitrogen and oxygen atoms in total. The van der Waals surface area contributed by atoms with Gasteiger partial charge in [0.25, 0.3) is 0 Å². The minimum absolute atomic E-state index is 0.183. The monoisotopic (exact) mass is 536 g/mol. The van der Waals surface area contributed by atoms with Gasteiger partial charge >= 0.3 is 20.7 Å². The van der Waals surface area contributed by atoms with Gasteiger partial charge in [-0.25, -0.2) is 4.79 Å². The molecule has 0 aromatic heterocycles. The molecule has 0 radical (unpaired) electrons. The van der Waals surface area contributed by atoms with Gasteiger partial charge in [0.05, 0.1) is 6.61 Å². The first-order valence-corrected chi connectivity index (χ1v) is 16.0. The third-order valence-corrected chi connectivity index (χ3v) is 9.11. The normalized spacial score (nSPS) is 12.1. The molecule has 0 fully saturated rings. The lowest BCUT2D eigenvalue weighted by atomic mass is 10.0. The highest BCUT2D eigenvalue weighted by molar-refractivity contribution is 6.60. The van der Waals surface area contributed by atoms with Crippen molar-refractivity contribution in [1.82, 2.24) is 0 Å². The maximum atomic E-state index is 11.4.